The molecule has 0 spiro atoms. The van der Waals surface area contributed by atoms with Crippen LogP contribution in [0.5, 0.6) is 0 Å². The lowest BCUT2D eigenvalue weighted by Gasteiger charge is -2.34. The smallest absolute Gasteiger partial charge is 0.252 e. The van der Waals surface area contributed by atoms with Gasteiger partial charge in [-0.3, -0.25) is 4.79 Å². The molecule has 1 aliphatic rings. The Kier molecular flexibility index (Phi) is 4.03. The van der Waals surface area contributed by atoms with Crippen molar-refractivity contribution in [1.82, 2.24) is 5.32 Å². The maximum atomic E-state index is 13.1. The Labute approximate surface area is 116 Å². The van der Waals surface area contributed by atoms with Crippen LogP contribution in [0.15, 0.2) is 18.2 Å². The minimum Gasteiger partial charge on any atom is -0.334 e. The third-order valence-electron chi connectivity index (χ3n) is 3.88. The standard InChI is InChI=1S/C15H16F2N2O/c1-10-4-6-15(9-18,7-5-10)19-14(20)11-2-3-12(16)13(17)8-11/h2-3,8,10H,4-7H2,1H3,(H,19,20). The fourth-order valence-corrected chi connectivity index (χ4v) is 2.45. The number of nitriles is 1. The summed E-state index contributed by atoms with van der Waals surface area (Å²) in [6.07, 6.45) is 2.90. The molecule has 2 rings (SSSR count). The summed E-state index contributed by atoms with van der Waals surface area (Å²) >= 11 is 0. The van der Waals surface area contributed by atoms with Gasteiger partial charge in [0.2, 0.25) is 0 Å². The second-order valence-corrected chi connectivity index (χ2v) is 5.46. The van der Waals surface area contributed by atoms with Crippen molar-refractivity contribution in [1.29, 1.82) is 5.26 Å². The first-order chi connectivity index (χ1) is 9.46. The summed E-state index contributed by atoms with van der Waals surface area (Å²) in [5, 5.41) is 12.0. The van der Waals surface area contributed by atoms with Crippen LogP contribution < -0.4 is 5.32 Å². The van der Waals surface area contributed by atoms with Gasteiger partial charge in [0.15, 0.2) is 11.6 Å². The molecule has 0 aliphatic heterocycles. The maximum Gasteiger partial charge on any atom is 0.252 e. The Balaban J connectivity index is 2.13. The monoisotopic (exact) mass is 278 g/mol. The summed E-state index contributed by atoms with van der Waals surface area (Å²) in [5.41, 5.74) is -0.869. The maximum absolute atomic E-state index is 13.1. The number of amides is 1. The van der Waals surface area contributed by atoms with Crippen LogP contribution in [0.25, 0.3) is 0 Å². The number of nitrogens with zero attached hydrogens (tertiary/aromatic N) is 1. The molecule has 1 aliphatic carbocycles. The van der Waals surface area contributed by atoms with Gasteiger partial charge in [-0.25, -0.2) is 8.78 Å². The number of benzene rings is 1. The molecule has 0 bridgehead atoms. The van der Waals surface area contributed by atoms with E-state index >= 15 is 0 Å². The second-order valence-electron chi connectivity index (χ2n) is 5.46. The molecule has 0 aromatic heterocycles. The van der Waals surface area contributed by atoms with E-state index in [1.807, 2.05) is 0 Å². The fraction of sp³-hybridized carbons (Fsp3) is 0.467. The van der Waals surface area contributed by atoms with Crippen LogP contribution in [-0.4, -0.2) is 11.4 Å². The first kappa shape index (κ1) is 14.4. The molecule has 3 nitrogen and oxygen atoms in total. The molecule has 1 aromatic rings. The second kappa shape index (κ2) is 5.58. The summed E-state index contributed by atoms with van der Waals surface area (Å²) in [4.78, 5) is 12.1. The van der Waals surface area contributed by atoms with Gasteiger partial charge in [0.05, 0.1) is 6.07 Å². The molecule has 1 fully saturated rings. The Morgan fingerprint density at radius 1 is 1.35 bits per heavy atom. The van der Waals surface area contributed by atoms with Crippen LogP contribution in [-0.2, 0) is 0 Å². The quantitative estimate of drug-likeness (QED) is 0.903. The van der Waals surface area contributed by atoms with Crippen molar-refractivity contribution in [2.75, 3.05) is 0 Å². The molecule has 20 heavy (non-hydrogen) atoms. The molecule has 106 valence electrons. The van der Waals surface area contributed by atoms with Crippen molar-refractivity contribution in [2.24, 2.45) is 5.92 Å². The van der Waals surface area contributed by atoms with E-state index in [0.29, 0.717) is 18.8 Å². The van der Waals surface area contributed by atoms with E-state index in [9.17, 15) is 18.8 Å². The zero-order valence-electron chi connectivity index (χ0n) is 11.2. The van der Waals surface area contributed by atoms with E-state index in [1.165, 1.54) is 6.07 Å². The van der Waals surface area contributed by atoms with Crippen molar-refractivity contribution >= 4 is 5.91 Å². The summed E-state index contributed by atoms with van der Waals surface area (Å²) in [6.45, 7) is 2.11. The molecule has 1 N–H and O–H groups in total. The number of carbonyl (C=O) groups is 1. The van der Waals surface area contributed by atoms with Gasteiger partial charge >= 0.3 is 0 Å². The Bertz CT molecular complexity index is 557. The van der Waals surface area contributed by atoms with Gasteiger partial charge in [-0.05, 0) is 49.8 Å². The molecule has 0 radical (unpaired) electrons. The van der Waals surface area contributed by atoms with Crippen LogP contribution in [0, 0.1) is 28.9 Å². The minimum atomic E-state index is -1.07. The van der Waals surface area contributed by atoms with Gasteiger partial charge < -0.3 is 5.32 Å². The SMILES string of the molecule is CC1CCC(C#N)(NC(=O)c2ccc(F)c(F)c2)CC1. The van der Waals surface area contributed by atoms with Gasteiger partial charge in [-0.2, -0.15) is 5.26 Å². The van der Waals surface area contributed by atoms with E-state index in [4.69, 9.17) is 0 Å². The normalized spacial score (nSPS) is 25.8. The van der Waals surface area contributed by atoms with Crippen molar-refractivity contribution in [3.8, 4) is 6.07 Å². The predicted molar refractivity (Wildman–Crippen MR) is 69.8 cm³/mol. The fourth-order valence-electron chi connectivity index (χ4n) is 2.45. The number of nitrogens with one attached hydrogen (secondary N) is 1. The molecule has 1 amide bonds. The van der Waals surface area contributed by atoms with Crippen LogP contribution >= 0.6 is 0 Å². The Morgan fingerprint density at radius 3 is 2.55 bits per heavy atom. The van der Waals surface area contributed by atoms with Crippen molar-refractivity contribution in [3.05, 3.63) is 35.4 Å². The van der Waals surface area contributed by atoms with E-state index in [0.717, 1.165) is 25.0 Å². The van der Waals surface area contributed by atoms with Crippen LogP contribution in [0.2, 0.25) is 0 Å². The zero-order chi connectivity index (χ0) is 14.8. The zero-order valence-corrected chi connectivity index (χ0v) is 11.2. The van der Waals surface area contributed by atoms with Gasteiger partial charge in [-0.1, -0.05) is 6.92 Å². The van der Waals surface area contributed by atoms with Gasteiger partial charge in [0, 0.05) is 5.56 Å². The first-order valence-electron chi connectivity index (χ1n) is 6.64. The number of rotatable bonds is 2. The topological polar surface area (TPSA) is 52.9 Å². The van der Waals surface area contributed by atoms with Crippen molar-refractivity contribution < 1.29 is 13.6 Å². The molecule has 5 heteroatoms. The Morgan fingerprint density at radius 2 is 2.00 bits per heavy atom. The highest BCUT2D eigenvalue weighted by molar-refractivity contribution is 5.95. The molecule has 0 atom stereocenters. The summed E-state index contributed by atoms with van der Waals surface area (Å²) < 4.78 is 26.0. The minimum absolute atomic E-state index is 0.0251. The third kappa shape index (κ3) is 2.96. The molecule has 0 saturated heterocycles. The van der Waals surface area contributed by atoms with Crippen LogP contribution in [0.4, 0.5) is 8.78 Å². The van der Waals surface area contributed by atoms with Crippen molar-refractivity contribution in [3.63, 3.8) is 0 Å². The van der Waals surface area contributed by atoms with E-state index in [-0.39, 0.29) is 5.56 Å². The molecule has 0 unspecified atom stereocenters. The lowest BCUT2D eigenvalue weighted by molar-refractivity contribution is 0.0893. The van der Waals surface area contributed by atoms with Gasteiger partial charge in [0.25, 0.3) is 5.91 Å². The number of carbonyl (C=O) groups excluding carboxylic acids is 1. The summed E-state index contributed by atoms with van der Waals surface area (Å²) in [6, 6.07) is 5.13. The summed E-state index contributed by atoms with van der Waals surface area (Å²) in [5.74, 6) is -2.07. The average Bonchev–Trinajstić information content (AvgIpc) is 2.44. The molecule has 0 heterocycles. The highest BCUT2D eigenvalue weighted by atomic mass is 19.2. The first-order valence-corrected chi connectivity index (χ1v) is 6.64. The molecule has 1 saturated carbocycles. The van der Waals surface area contributed by atoms with E-state index < -0.39 is 23.1 Å². The highest BCUT2D eigenvalue weighted by Gasteiger charge is 2.36. The van der Waals surface area contributed by atoms with Crippen molar-refractivity contribution in [2.45, 2.75) is 38.1 Å². The van der Waals surface area contributed by atoms with E-state index in [1.54, 1.807) is 0 Å². The molecule has 1 aromatic carbocycles. The average molecular weight is 278 g/mol. The summed E-state index contributed by atoms with van der Waals surface area (Å²) in [7, 11) is 0. The predicted octanol–water partition coefficient (Wildman–Crippen LogP) is 3.17. The number of hydrogen-bond acceptors (Lipinski definition) is 2. The molecular weight excluding hydrogens is 262 g/mol. The highest BCUT2D eigenvalue weighted by Crippen LogP contribution is 2.31. The largest absolute Gasteiger partial charge is 0.334 e. The van der Waals surface area contributed by atoms with Gasteiger partial charge in [0.1, 0.15) is 5.54 Å². The number of halogens is 2. The Hall–Kier alpha value is -1.96. The number of hydrogen-bond donors (Lipinski definition) is 1. The van der Waals surface area contributed by atoms with E-state index in [2.05, 4.69) is 18.3 Å². The molecular formula is C15H16F2N2O. The third-order valence-corrected chi connectivity index (χ3v) is 3.88. The van der Waals surface area contributed by atoms with Crippen LogP contribution in [0.3, 0.4) is 0 Å². The lowest BCUT2D eigenvalue weighted by atomic mass is 9.78. The lowest BCUT2D eigenvalue weighted by Crippen LogP contribution is -2.49. The van der Waals surface area contributed by atoms with Crippen LogP contribution in [0.1, 0.15) is 43.0 Å². The van der Waals surface area contributed by atoms with Gasteiger partial charge in [-0.15, -0.1) is 0 Å².